The maximum Gasteiger partial charge on any atom is 0.0314 e. The molecule has 0 spiro atoms. The molecule has 3 heteroatoms. The highest BCUT2D eigenvalue weighted by atomic mass is 79.9. The molecule has 1 aromatic rings. The summed E-state index contributed by atoms with van der Waals surface area (Å²) in [6.45, 7) is 4.48. The van der Waals surface area contributed by atoms with Gasteiger partial charge in [-0.05, 0) is 59.7 Å². The summed E-state index contributed by atoms with van der Waals surface area (Å²) in [5, 5.41) is 5.54. The number of aryl methyl sites for hydroxylation is 1. The fraction of sp³-hybridized carbons (Fsp3) is 0.600. The van der Waals surface area contributed by atoms with Gasteiger partial charge in [-0.15, -0.1) is 11.3 Å². The maximum absolute atomic E-state index is 3.54. The van der Waals surface area contributed by atoms with E-state index in [1.807, 2.05) is 11.3 Å². The summed E-state index contributed by atoms with van der Waals surface area (Å²) in [7, 11) is 0. The van der Waals surface area contributed by atoms with Crippen molar-refractivity contribution in [1.29, 1.82) is 0 Å². The van der Waals surface area contributed by atoms with Crippen LogP contribution in [0.1, 0.15) is 24.6 Å². The molecule has 0 aliphatic rings. The van der Waals surface area contributed by atoms with Crippen LogP contribution in [0.25, 0.3) is 0 Å². The quantitative estimate of drug-likeness (QED) is 0.774. The zero-order valence-electron chi connectivity index (χ0n) is 7.98. The third-order valence-electron chi connectivity index (χ3n) is 1.88. The summed E-state index contributed by atoms with van der Waals surface area (Å²) >= 11 is 5.38. The van der Waals surface area contributed by atoms with E-state index in [1.165, 1.54) is 28.6 Å². The van der Waals surface area contributed by atoms with Gasteiger partial charge in [-0.3, -0.25) is 0 Å². The van der Waals surface area contributed by atoms with Crippen LogP contribution in [0.2, 0.25) is 0 Å². The molecule has 1 N–H and O–H groups in total. The Bertz CT molecular complexity index is 235. The average molecular weight is 262 g/mol. The third kappa shape index (κ3) is 4.25. The Morgan fingerprint density at radius 2 is 2.31 bits per heavy atom. The molecule has 0 radical (unpaired) electrons. The molecule has 0 aliphatic heterocycles. The van der Waals surface area contributed by atoms with Crippen LogP contribution >= 0.6 is 27.3 Å². The fourth-order valence-electron chi connectivity index (χ4n) is 1.18. The zero-order chi connectivity index (χ0) is 9.52. The van der Waals surface area contributed by atoms with Gasteiger partial charge in [0, 0.05) is 9.35 Å². The summed E-state index contributed by atoms with van der Waals surface area (Å²) in [4.78, 5) is 1.47. The molecule has 0 aliphatic carbocycles. The van der Waals surface area contributed by atoms with Crippen molar-refractivity contribution in [3.63, 3.8) is 0 Å². The largest absolute Gasteiger partial charge is 0.317 e. The Kier molecular flexibility index (Phi) is 5.67. The lowest BCUT2D eigenvalue weighted by atomic mass is 10.2. The van der Waals surface area contributed by atoms with Gasteiger partial charge in [0.25, 0.3) is 0 Å². The number of thiophene rings is 1. The van der Waals surface area contributed by atoms with Crippen LogP contribution < -0.4 is 5.32 Å². The lowest BCUT2D eigenvalue weighted by Crippen LogP contribution is -2.16. The van der Waals surface area contributed by atoms with Crippen molar-refractivity contribution < 1.29 is 0 Å². The smallest absolute Gasteiger partial charge is 0.0314 e. The molecule has 74 valence electrons. The maximum atomic E-state index is 3.54. The van der Waals surface area contributed by atoms with Crippen LogP contribution in [0.15, 0.2) is 15.9 Å². The molecule has 13 heavy (non-hydrogen) atoms. The van der Waals surface area contributed by atoms with E-state index in [0.717, 1.165) is 13.1 Å². The molecule has 1 aromatic heterocycles. The minimum atomic E-state index is 1.14. The fourth-order valence-corrected chi connectivity index (χ4v) is 2.78. The first-order chi connectivity index (χ1) is 6.34. The Morgan fingerprint density at radius 1 is 1.46 bits per heavy atom. The SMILES string of the molecule is CCCNCCCc1sccc1Br. The minimum absolute atomic E-state index is 1.14. The predicted molar refractivity (Wildman–Crippen MR) is 63.5 cm³/mol. The average Bonchev–Trinajstić information content (AvgIpc) is 2.52. The second kappa shape index (κ2) is 6.57. The molecular weight excluding hydrogens is 246 g/mol. The molecule has 0 unspecified atom stereocenters. The van der Waals surface area contributed by atoms with Crippen molar-refractivity contribution in [3.05, 3.63) is 20.8 Å². The lowest BCUT2D eigenvalue weighted by Gasteiger charge is -2.01. The van der Waals surface area contributed by atoms with Crippen molar-refractivity contribution in [1.82, 2.24) is 5.32 Å². The molecule has 0 atom stereocenters. The van der Waals surface area contributed by atoms with E-state index in [-0.39, 0.29) is 0 Å². The van der Waals surface area contributed by atoms with E-state index in [4.69, 9.17) is 0 Å². The van der Waals surface area contributed by atoms with Gasteiger partial charge < -0.3 is 5.32 Å². The Labute approximate surface area is 92.7 Å². The Hall–Kier alpha value is 0.140. The number of rotatable bonds is 6. The van der Waals surface area contributed by atoms with Gasteiger partial charge in [0.2, 0.25) is 0 Å². The van der Waals surface area contributed by atoms with Crippen LogP contribution in [0.3, 0.4) is 0 Å². The van der Waals surface area contributed by atoms with Gasteiger partial charge in [0.1, 0.15) is 0 Å². The molecule has 0 amide bonds. The van der Waals surface area contributed by atoms with Crippen molar-refractivity contribution in [2.45, 2.75) is 26.2 Å². The van der Waals surface area contributed by atoms with Gasteiger partial charge in [-0.25, -0.2) is 0 Å². The van der Waals surface area contributed by atoms with Crippen LogP contribution in [-0.4, -0.2) is 13.1 Å². The van der Waals surface area contributed by atoms with Gasteiger partial charge in [0.15, 0.2) is 0 Å². The van der Waals surface area contributed by atoms with Crippen LogP contribution in [0.4, 0.5) is 0 Å². The third-order valence-corrected chi connectivity index (χ3v) is 3.86. The number of hydrogen-bond donors (Lipinski definition) is 1. The molecular formula is C10H16BrNS. The number of hydrogen-bond acceptors (Lipinski definition) is 2. The summed E-state index contributed by atoms with van der Waals surface area (Å²) in [5.74, 6) is 0. The zero-order valence-corrected chi connectivity index (χ0v) is 10.4. The molecule has 0 bridgehead atoms. The van der Waals surface area contributed by atoms with Crippen molar-refractivity contribution in [2.24, 2.45) is 0 Å². The van der Waals surface area contributed by atoms with E-state index in [9.17, 15) is 0 Å². The van der Waals surface area contributed by atoms with Crippen LogP contribution in [0.5, 0.6) is 0 Å². The molecule has 0 aromatic carbocycles. The standard InChI is InChI=1S/C10H16BrNS/c1-2-6-12-7-3-4-10-9(11)5-8-13-10/h5,8,12H,2-4,6-7H2,1H3. The van der Waals surface area contributed by atoms with Gasteiger partial charge >= 0.3 is 0 Å². The highest BCUT2D eigenvalue weighted by Gasteiger charge is 1.99. The lowest BCUT2D eigenvalue weighted by molar-refractivity contribution is 0.641. The van der Waals surface area contributed by atoms with Crippen molar-refractivity contribution in [3.8, 4) is 0 Å². The highest BCUT2D eigenvalue weighted by molar-refractivity contribution is 9.10. The number of halogens is 1. The molecule has 0 saturated carbocycles. The summed E-state index contributed by atoms with van der Waals surface area (Å²) < 4.78 is 1.27. The van der Waals surface area contributed by atoms with Gasteiger partial charge in [-0.1, -0.05) is 6.92 Å². The topological polar surface area (TPSA) is 12.0 Å². The van der Waals surface area contributed by atoms with Gasteiger partial charge in [0.05, 0.1) is 0 Å². The first kappa shape index (κ1) is 11.2. The Balaban J connectivity index is 2.10. The predicted octanol–water partition coefficient (Wildman–Crippen LogP) is 3.44. The summed E-state index contributed by atoms with van der Waals surface area (Å²) in [6.07, 6.45) is 3.65. The second-order valence-electron chi connectivity index (χ2n) is 3.05. The first-order valence-corrected chi connectivity index (χ1v) is 6.44. The van der Waals surface area contributed by atoms with E-state index in [0.29, 0.717) is 0 Å². The van der Waals surface area contributed by atoms with E-state index in [2.05, 4.69) is 39.6 Å². The monoisotopic (exact) mass is 261 g/mol. The normalized spacial score (nSPS) is 10.6. The van der Waals surface area contributed by atoms with Gasteiger partial charge in [-0.2, -0.15) is 0 Å². The molecule has 0 fully saturated rings. The van der Waals surface area contributed by atoms with E-state index in [1.54, 1.807) is 0 Å². The molecule has 1 nitrogen and oxygen atoms in total. The molecule has 1 rings (SSSR count). The highest BCUT2D eigenvalue weighted by Crippen LogP contribution is 2.23. The number of nitrogens with one attached hydrogen (secondary N) is 1. The van der Waals surface area contributed by atoms with E-state index >= 15 is 0 Å². The second-order valence-corrected chi connectivity index (χ2v) is 4.90. The summed E-state index contributed by atoms with van der Waals surface area (Å²) in [5.41, 5.74) is 0. The van der Waals surface area contributed by atoms with E-state index < -0.39 is 0 Å². The van der Waals surface area contributed by atoms with Crippen molar-refractivity contribution in [2.75, 3.05) is 13.1 Å². The summed E-state index contributed by atoms with van der Waals surface area (Å²) in [6, 6.07) is 2.12. The Morgan fingerprint density at radius 3 is 2.92 bits per heavy atom. The van der Waals surface area contributed by atoms with Crippen LogP contribution in [0, 0.1) is 0 Å². The van der Waals surface area contributed by atoms with Crippen LogP contribution in [-0.2, 0) is 6.42 Å². The molecule has 0 saturated heterocycles. The minimum Gasteiger partial charge on any atom is -0.317 e. The molecule has 1 heterocycles. The first-order valence-electron chi connectivity index (χ1n) is 4.77. The van der Waals surface area contributed by atoms with Crippen molar-refractivity contribution >= 4 is 27.3 Å².